The van der Waals surface area contributed by atoms with Gasteiger partial charge in [-0.1, -0.05) is 33.3 Å². The van der Waals surface area contributed by atoms with Gasteiger partial charge in [-0.15, -0.1) is 0 Å². The summed E-state index contributed by atoms with van der Waals surface area (Å²) in [7, 11) is 0. The molecular formula is C26H36N2O3. The summed E-state index contributed by atoms with van der Waals surface area (Å²) in [4.78, 5) is 16.1. The fourth-order valence-electron chi connectivity index (χ4n) is 5.29. The number of aliphatic carboxylic acids is 1. The highest BCUT2D eigenvalue weighted by Gasteiger charge is 2.32. The minimum Gasteiger partial charge on any atom is -0.490 e. The van der Waals surface area contributed by atoms with E-state index in [2.05, 4.69) is 38.2 Å². The molecule has 1 aromatic heterocycles. The summed E-state index contributed by atoms with van der Waals surface area (Å²) in [6.07, 6.45) is 7.69. The first-order valence-electron chi connectivity index (χ1n) is 11.8. The molecule has 0 amide bonds. The van der Waals surface area contributed by atoms with Gasteiger partial charge in [-0.05, 0) is 74.1 Å². The van der Waals surface area contributed by atoms with Gasteiger partial charge in [-0.25, -0.2) is 0 Å². The van der Waals surface area contributed by atoms with Gasteiger partial charge in [-0.2, -0.15) is 0 Å². The van der Waals surface area contributed by atoms with E-state index in [9.17, 15) is 9.90 Å². The van der Waals surface area contributed by atoms with Crippen molar-refractivity contribution in [3.8, 4) is 5.75 Å². The molecule has 1 heterocycles. The zero-order valence-electron chi connectivity index (χ0n) is 19.1. The van der Waals surface area contributed by atoms with Crippen molar-refractivity contribution in [3.05, 3.63) is 36.0 Å². The van der Waals surface area contributed by atoms with Crippen molar-refractivity contribution in [2.75, 3.05) is 0 Å². The number of pyridine rings is 1. The van der Waals surface area contributed by atoms with Crippen LogP contribution in [0, 0.1) is 17.3 Å². The maximum atomic E-state index is 11.4. The highest BCUT2D eigenvalue weighted by atomic mass is 16.5. The molecule has 0 radical (unpaired) electrons. The third-order valence-corrected chi connectivity index (χ3v) is 7.30. The summed E-state index contributed by atoms with van der Waals surface area (Å²) in [5.74, 6) is 0.740. The van der Waals surface area contributed by atoms with Gasteiger partial charge in [0.1, 0.15) is 5.75 Å². The topological polar surface area (TPSA) is 71.5 Å². The Hall–Kier alpha value is -2.14. The fraction of sp³-hybridized carbons (Fsp3) is 0.615. The van der Waals surface area contributed by atoms with Gasteiger partial charge in [0, 0.05) is 18.0 Å². The van der Waals surface area contributed by atoms with Crippen LogP contribution in [0.2, 0.25) is 0 Å². The molecule has 0 spiro atoms. The van der Waals surface area contributed by atoms with E-state index in [1.165, 1.54) is 12.8 Å². The summed E-state index contributed by atoms with van der Waals surface area (Å²) in [5, 5.41) is 13.8. The number of carboxylic acid groups (broad SMARTS) is 1. The highest BCUT2D eigenvalue weighted by molar-refractivity contribution is 5.80. The van der Waals surface area contributed by atoms with E-state index < -0.39 is 5.97 Å². The summed E-state index contributed by atoms with van der Waals surface area (Å²) < 4.78 is 6.31. The van der Waals surface area contributed by atoms with Crippen LogP contribution < -0.4 is 10.1 Å². The van der Waals surface area contributed by atoms with Crippen molar-refractivity contribution in [2.24, 2.45) is 17.3 Å². The molecule has 2 aliphatic rings. The molecule has 0 unspecified atom stereocenters. The predicted molar refractivity (Wildman–Crippen MR) is 123 cm³/mol. The number of fused-ring (bicyclic) bond motifs is 1. The van der Waals surface area contributed by atoms with Crippen LogP contribution >= 0.6 is 0 Å². The van der Waals surface area contributed by atoms with Crippen LogP contribution in [0.3, 0.4) is 0 Å². The molecule has 2 fully saturated rings. The standard InChI is InChI=1S/C26H36N2O3/c1-26(2,3)18-8-11-20(12-9-18)31-21-13-14-23-17(15-21)7-10-19(28-23)16-27-24-6-4-5-22(24)25(29)30/h7,10,13-15,18,20,22,24,27H,4-6,8-9,11-12,16H2,1-3H3,(H,29,30)/t18?,20?,22-,24+/m0/s1. The Morgan fingerprint density at radius 1 is 1.10 bits per heavy atom. The number of rotatable bonds is 6. The molecule has 168 valence electrons. The Labute approximate surface area is 185 Å². The van der Waals surface area contributed by atoms with Crippen LogP contribution in [0.5, 0.6) is 5.75 Å². The van der Waals surface area contributed by atoms with Crippen LogP contribution in [-0.2, 0) is 11.3 Å². The van der Waals surface area contributed by atoms with Crippen molar-refractivity contribution >= 4 is 16.9 Å². The van der Waals surface area contributed by atoms with Crippen molar-refractivity contribution in [2.45, 2.75) is 84.4 Å². The third-order valence-electron chi connectivity index (χ3n) is 7.30. The SMILES string of the molecule is CC(C)(C)C1CCC(Oc2ccc3nc(CN[C@@H]4CCC[C@@H]4C(=O)O)ccc3c2)CC1. The van der Waals surface area contributed by atoms with E-state index in [1.54, 1.807) is 0 Å². The van der Waals surface area contributed by atoms with Gasteiger partial charge in [0.15, 0.2) is 0 Å². The number of carbonyl (C=O) groups is 1. The summed E-state index contributed by atoms with van der Waals surface area (Å²) >= 11 is 0. The molecular weight excluding hydrogens is 388 g/mol. The molecule has 4 rings (SSSR count). The second-order valence-electron chi connectivity index (χ2n) is 10.5. The number of carboxylic acids is 1. The molecule has 2 saturated carbocycles. The normalized spacial score (nSPS) is 26.8. The Bertz CT molecular complexity index is 912. The van der Waals surface area contributed by atoms with Gasteiger partial charge >= 0.3 is 5.97 Å². The lowest BCUT2D eigenvalue weighted by Crippen LogP contribution is -2.36. The zero-order valence-corrected chi connectivity index (χ0v) is 19.1. The van der Waals surface area contributed by atoms with Gasteiger partial charge < -0.3 is 15.2 Å². The van der Waals surface area contributed by atoms with Crippen molar-refractivity contribution < 1.29 is 14.6 Å². The second kappa shape index (κ2) is 9.15. The first-order chi connectivity index (χ1) is 14.8. The first kappa shape index (κ1) is 22.1. The van der Waals surface area contributed by atoms with E-state index in [0.717, 1.165) is 60.4 Å². The Kier molecular flexibility index (Phi) is 6.52. The lowest BCUT2D eigenvalue weighted by atomic mass is 9.72. The summed E-state index contributed by atoms with van der Waals surface area (Å²) in [6.45, 7) is 7.63. The van der Waals surface area contributed by atoms with Crippen LogP contribution in [0.1, 0.15) is 71.4 Å². The van der Waals surface area contributed by atoms with Crippen molar-refractivity contribution in [3.63, 3.8) is 0 Å². The van der Waals surface area contributed by atoms with Gasteiger partial charge in [0.25, 0.3) is 0 Å². The van der Waals surface area contributed by atoms with E-state index in [0.29, 0.717) is 18.1 Å². The lowest BCUT2D eigenvalue weighted by Gasteiger charge is -2.36. The summed E-state index contributed by atoms with van der Waals surface area (Å²) in [6, 6.07) is 10.3. The smallest absolute Gasteiger partial charge is 0.308 e. The number of nitrogens with zero attached hydrogens (tertiary/aromatic N) is 1. The average Bonchev–Trinajstić information content (AvgIpc) is 3.21. The molecule has 2 aliphatic carbocycles. The molecule has 0 bridgehead atoms. The number of hydrogen-bond acceptors (Lipinski definition) is 4. The van der Waals surface area contributed by atoms with Crippen LogP contribution in [0.4, 0.5) is 0 Å². The molecule has 0 aliphatic heterocycles. The summed E-state index contributed by atoms with van der Waals surface area (Å²) in [5.41, 5.74) is 2.28. The quantitative estimate of drug-likeness (QED) is 0.635. The van der Waals surface area contributed by atoms with Crippen molar-refractivity contribution in [1.29, 1.82) is 0 Å². The Balaban J connectivity index is 1.35. The third kappa shape index (κ3) is 5.38. The number of benzene rings is 1. The van der Waals surface area contributed by atoms with E-state index in [-0.39, 0.29) is 12.0 Å². The number of nitrogens with one attached hydrogen (secondary N) is 1. The largest absolute Gasteiger partial charge is 0.490 e. The van der Waals surface area contributed by atoms with Crippen molar-refractivity contribution in [1.82, 2.24) is 10.3 Å². The molecule has 5 heteroatoms. The zero-order chi connectivity index (χ0) is 22.0. The minimum absolute atomic E-state index is 0.0409. The molecule has 0 saturated heterocycles. The van der Waals surface area contributed by atoms with E-state index in [4.69, 9.17) is 9.72 Å². The molecule has 1 aromatic carbocycles. The fourth-order valence-corrected chi connectivity index (χ4v) is 5.29. The number of hydrogen-bond donors (Lipinski definition) is 2. The number of ether oxygens (including phenoxy) is 1. The van der Waals surface area contributed by atoms with Gasteiger partial charge in [-0.3, -0.25) is 9.78 Å². The molecule has 5 nitrogen and oxygen atoms in total. The second-order valence-corrected chi connectivity index (χ2v) is 10.5. The van der Waals surface area contributed by atoms with Crippen LogP contribution in [0.15, 0.2) is 30.3 Å². The predicted octanol–water partition coefficient (Wildman–Crippen LogP) is 5.56. The van der Waals surface area contributed by atoms with Gasteiger partial charge in [0.05, 0.1) is 23.2 Å². The van der Waals surface area contributed by atoms with E-state index in [1.807, 2.05) is 18.2 Å². The molecule has 31 heavy (non-hydrogen) atoms. The maximum Gasteiger partial charge on any atom is 0.308 e. The van der Waals surface area contributed by atoms with Crippen LogP contribution in [0.25, 0.3) is 10.9 Å². The lowest BCUT2D eigenvalue weighted by molar-refractivity contribution is -0.142. The monoisotopic (exact) mass is 424 g/mol. The number of aromatic nitrogens is 1. The maximum absolute atomic E-state index is 11.4. The van der Waals surface area contributed by atoms with E-state index >= 15 is 0 Å². The Morgan fingerprint density at radius 2 is 1.87 bits per heavy atom. The molecule has 2 aromatic rings. The highest BCUT2D eigenvalue weighted by Crippen LogP contribution is 2.39. The molecule has 2 N–H and O–H groups in total. The average molecular weight is 425 g/mol. The molecule has 2 atom stereocenters. The first-order valence-corrected chi connectivity index (χ1v) is 11.8. The van der Waals surface area contributed by atoms with Gasteiger partial charge in [0.2, 0.25) is 0 Å². The van der Waals surface area contributed by atoms with Crippen LogP contribution in [-0.4, -0.2) is 28.2 Å². The Morgan fingerprint density at radius 3 is 2.58 bits per heavy atom. The minimum atomic E-state index is -0.694.